The average Bonchev–Trinajstić information content (AvgIpc) is 3.00. The molecule has 0 spiro atoms. The van der Waals surface area contributed by atoms with Crippen LogP contribution in [0.25, 0.3) is 0 Å². The van der Waals surface area contributed by atoms with Crippen LogP contribution in [0.4, 0.5) is 4.79 Å². The number of carbonyl (C=O) groups is 2. The van der Waals surface area contributed by atoms with Gasteiger partial charge in [-0.1, -0.05) is 6.92 Å². The first kappa shape index (κ1) is 18.7. The van der Waals surface area contributed by atoms with Gasteiger partial charge in [0.1, 0.15) is 0 Å². The van der Waals surface area contributed by atoms with E-state index in [0.717, 1.165) is 19.5 Å². The smallest absolute Gasteiger partial charge is 0.317 e. The molecule has 2 rings (SSSR count). The lowest BCUT2D eigenvalue weighted by Gasteiger charge is -2.34. The highest BCUT2D eigenvalue weighted by Crippen LogP contribution is 2.16. The Morgan fingerprint density at radius 2 is 1.83 bits per heavy atom. The molecule has 0 bridgehead atoms. The van der Waals surface area contributed by atoms with Crippen molar-refractivity contribution < 1.29 is 9.59 Å². The third-order valence-electron chi connectivity index (χ3n) is 3.96. The molecule has 1 aromatic heterocycles. The van der Waals surface area contributed by atoms with Crippen LogP contribution in [0.2, 0.25) is 0 Å². The summed E-state index contributed by atoms with van der Waals surface area (Å²) < 4.78 is 0. The number of hydrogen-bond donors (Lipinski definition) is 2. The van der Waals surface area contributed by atoms with Gasteiger partial charge in [0.2, 0.25) is 5.91 Å². The summed E-state index contributed by atoms with van der Waals surface area (Å²) in [5.74, 6) is 0.0484. The molecule has 1 aliphatic rings. The van der Waals surface area contributed by atoms with Crippen molar-refractivity contribution >= 4 is 23.3 Å². The van der Waals surface area contributed by atoms with E-state index in [4.69, 9.17) is 0 Å². The first-order valence-electron chi connectivity index (χ1n) is 8.60. The molecule has 1 aromatic rings. The quantitative estimate of drug-likeness (QED) is 0.818. The van der Waals surface area contributed by atoms with E-state index >= 15 is 0 Å². The molecule has 0 aliphatic carbocycles. The van der Waals surface area contributed by atoms with E-state index in [1.807, 2.05) is 18.7 Å². The number of piperazine rings is 1. The molecule has 0 unspecified atom stereocenters. The molecule has 2 heterocycles. The molecule has 2 N–H and O–H groups in total. The largest absolute Gasteiger partial charge is 0.353 e. The van der Waals surface area contributed by atoms with E-state index in [9.17, 15) is 9.59 Å². The maximum Gasteiger partial charge on any atom is 0.317 e. The van der Waals surface area contributed by atoms with Crippen molar-refractivity contribution in [2.24, 2.45) is 0 Å². The predicted octanol–water partition coefficient (Wildman–Crippen LogP) is 1.66. The Kier molecular flexibility index (Phi) is 7.05. The molecule has 6 nitrogen and oxygen atoms in total. The molecule has 1 aliphatic heterocycles. The van der Waals surface area contributed by atoms with Gasteiger partial charge in [0.05, 0.1) is 13.1 Å². The minimum absolute atomic E-state index is 0.0206. The fraction of sp³-hybridized carbons (Fsp3) is 0.647. The summed E-state index contributed by atoms with van der Waals surface area (Å²) in [7, 11) is 0. The fourth-order valence-electron chi connectivity index (χ4n) is 2.66. The first-order chi connectivity index (χ1) is 11.5. The minimum atomic E-state index is -0.0206. The van der Waals surface area contributed by atoms with Crippen LogP contribution in [0.5, 0.6) is 0 Å². The van der Waals surface area contributed by atoms with E-state index in [1.165, 1.54) is 9.75 Å². The molecule has 7 heteroatoms. The van der Waals surface area contributed by atoms with Gasteiger partial charge in [0, 0.05) is 42.0 Å². The number of carbonyl (C=O) groups excluding carboxylic acids is 2. The summed E-state index contributed by atoms with van der Waals surface area (Å²) in [6.45, 7) is 9.82. The summed E-state index contributed by atoms with van der Waals surface area (Å²) in [5, 5.41) is 5.88. The van der Waals surface area contributed by atoms with Crippen molar-refractivity contribution in [3.63, 3.8) is 0 Å². The molecule has 134 valence electrons. The highest BCUT2D eigenvalue weighted by atomic mass is 32.1. The number of amides is 3. The van der Waals surface area contributed by atoms with Gasteiger partial charge in [-0.2, -0.15) is 0 Å². The lowest BCUT2D eigenvalue weighted by atomic mass is 10.3. The van der Waals surface area contributed by atoms with Gasteiger partial charge in [0.15, 0.2) is 0 Å². The second-order valence-corrected chi connectivity index (χ2v) is 7.62. The molecule has 1 saturated heterocycles. The highest BCUT2D eigenvalue weighted by molar-refractivity contribution is 7.11. The second-order valence-electron chi connectivity index (χ2n) is 6.37. The topological polar surface area (TPSA) is 64.7 Å². The molecular weight excluding hydrogens is 324 g/mol. The maximum atomic E-state index is 12.2. The third-order valence-corrected chi connectivity index (χ3v) is 5.19. The Balaban J connectivity index is 1.69. The zero-order valence-electron chi connectivity index (χ0n) is 14.8. The summed E-state index contributed by atoms with van der Waals surface area (Å²) in [4.78, 5) is 30.5. The van der Waals surface area contributed by atoms with Gasteiger partial charge in [-0.15, -0.1) is 11.3 Å². The Labute approximate surface area is 148 Å². The number of aryl methyl sites for hydroxylation is 1. The third kappa shape index (κ3) is 5.79. The average molecular weight is 353 g/mol. The van der Waals surface area contributed by atoms with Crippen LogP contribution >= 0.6 is 11.3 Å². The zero-order chi connectivity index (χ0) is 17.5. The number of thiophene rings is 1. The second kappa shape index (κ2) is 9.03. The van der Waals surface area contributed by atoms with Gasteiger partial charge in [0.25, 0.3) is 0 Å². The Morgan fingerprint density at radius 3 is 2.42 bits per heavy atom. The van der Waals surface area contributed by atoms with E-state index in [-0.39, 0.29) is 18.0 Å². The number of hydrogen-bond acceptors (Lipinski definition) is 4. The summed E-state index contributed by atoms with van der Waals surface area (Å²) in [5.41, 5.74) is 0. The first-order valence-corrected chi connectivity index (χ1v) is 9.41. The molecule has 24 heavy (non-hydrogen) atoms. The molecule has 3 amide bonds. The summed E-state index contributed by atoms with van der Waals surface area (Å²) in [6.07, 6.45) is 1.03. The van der Waals surface area contributed by atoms with Crippen LogP contribution in [-0.4, -0.2) is 60.5 Å². The standard InChI is InChI=1S/C17H28N4O2S/c1-4-14-5-6-15(24-14)11-18-17(23)21-9-7-20(8-10-21)12-16(22)19-13(2)3/h5-6,13H,4,7-12H2,1-3H3,(H,18,23)(H,19,22). The van der Waals surface area contributed by atoms with Crippen molar-refractivity contribution in [1.82, 2.24) is 20.4 Å². The van der Waals surface area contributed by atoms with E-state index in [2.05, 4.69) is 34.6 Å². The Morgan fingerprint density at radius 1 is 1.17 bits per heavy atom. The van der Waals surface area contributed by atoms with Crippen molar-refractivity contribution in [3.05, 3.63) is 21.9 Å². The predicted molar refractivity (Wildman–Crippen MR) is 97.2 cm³/mol. The van der Waals surface area contributed by atoms with Crippen LogP contribution in [0, 0.1) is 0 Å². The van der Waals surface area contributed by atoms with Gasteiger partial charge in [-0.05, 0) is 32.4 Å². The van der Waals surface area contributed by atoms with Gasteiger partial charge in [-0.3, -0.25) is 9.69 Å². The summed E-state index contributed by atoms with van der Waals surface area (Å²) in [6, 6.07) is 4.34. The van der Waals surface area contributed by atoms with Crippen LogP contribution in [0.3, 0.4) is 0 Å². The molecule has 0 atom stereocenters. The zero-order valence-corrected chi connectivity index (χ0v) is 15.6. The fourth-order valence-corrected chi connectivity index (χ4v) is 3.56. The minimum Gasteiger partial charge on any atom is -0.353 e. The highest BCUT2D eigenvalue weighted by Gasteiger charge is 2.22. The van der Waals surface area contributed by atoms with Crippen LogP contribution < -0.4 is 10.6 Å². The lowest BCUT2D eigenvalue weighted by Crippen LogP contribution is -2.53. The molecular formula is C17H28N4O2S. The number of nitrogens with zero attached hydrogens (tertiary/aromatic N) is 2. The van der Waals surface area contributed by atoms with E-state index in [1.54, 1.807) is 11.3 Å². The monoisotopic (exact) mass is 352 g/mol. The molecule has 0 radical (unpaired) electrons. The molecule has 1 fully saturated rings. The molecule has 0 saturated carbocycles. The number of rotatable bonds is 6. The van der Waals surface area contributed by atoms with Crippen LogP contribution in [0.15, 0.2) is 12.1 Å². The van der Waals surface area contributed by atoms with Gasteiger partial charge in [-0.25, -0.2) is 4.79 Å². The lowest BCUT2D eigenvalue weighted by molar-refractivity contribution is -0.123. The molecule has 0 aromatic carbocycles. The Bertz CT molecular complexity index is 551. The summed E-state index contributed by atoms with van der Waals surface area (Å²) >= 11 is 1.75. The number of nitrogens with one attached hydrogen (secondary N) is 2. The van der Waals surface area contributed by atoms with Crippen molar-refractivity contribution in [1.29, 1.82) is 0 Å². The van der Waals surface area contributed by atoms with E-state index in [0.29, 0.717) is 26.2 Å². The number of urea groups is 1. The van der Waals surface area contributed by atoms with Crippen molar-refractivity contribution in [3.8, 4) is 0 Å². The Hall–Kier alpha value is -1.60. The SMILES string of the molecule is CCc1ccc(CNC(=O)N2CCN(CC(=O)NC(C)C)CC2)s1. The van der Waals surface area contributed by atoms with Gasteiger partial charge < -0.3 is 15.5 Å². The van der Waals surface area contributed by atoms with Crippen molar-refractivity contribution in [2.45, 2.75) is 39.8 Å². The van der Waals surface area contributed by atoms with E-state index < -0.39 is 0 Å². The van der Waals surface area contributed by atoms with Crippen molar-refractivity contribution in [2.75, 3.05) is 32.7 Å². The normalized spacial score (nSPS) is 15.6. The van der Waals surface area contributed by atoms with Gasteiger partial charge >= 0.3 is 6.03 Å². The maximum absolute atomic E-state index is 12.2. The van der Waals surface area contributed by atoms with Crippen LogP contribution in [0.1, 0.15) is 30.5 Å². The van der Waals surface area contributed by atoms with Crippen LogP contribution in [-0.2, 0) is 17.8 Å².